The standard InChI is InChI=1S/C11H20N2O4S/c1-2-17-11(14)8-18(15,16)13-6-9-4-3-5-12-10(9)7-13/h9-10,12H,2-8H2,1H3. The molecule has 0 aromatic heterocycles. The summed E-state index contributed by atoms with van der Waals surface area (Å²) in [6, 6.07) is 0.246. The van der Waals surface area contributed by atoms with Crippen molar-refractivity contribution in [2.75, 3.05) is 32.0 Å². The maximum Gasteiger partial charge on any atom is 0.322 e. The van der Waals surface area contributed by atoms with Crippen LogP contribution in [-0.2, 0) is 19.6 Å². The van der Waals surface area contributed by atoms with Crippen LogP contribution < -0.4 is 5.32 Å². The van der Waals surface area contributed by atoms with Crippen LogP contribution in [0, 0.1) is 5.92 Å². The molecular weight excluding hydrogens is 256 g/mol. The molecular formula is C11H20N2O4S. The zero-order chi connectivity index (χ0) is 13.2. The van der Waals surface area contributed by atoms with Gasteiger partial charge in [0.25, 0.3) is 0 Å². The largest absolute Gasteiger partial charge is 0.465 e. The van der Waals surface area contributed by atoms with Gasteiger partial charge in [0.1, 0.15) is 0 Å². The molecule has 0 amide bonds. The molecule has 0 aliphatic carbocycles. The summed E-state index contributed by atoms with van der Waals surface area (Å²) in [5.74, 6) is -0.823. The lowest BCUT2D eigenvalue weighted by molar-refractivity contribution is -0.140. The highest BCUT2D eigenvalue weighted by Crippen LogP contribution is 2.26. The molecule has 2 atom stereocenters. The van der Waals surface area contributed by atoms with Gasteiger partial charge >= 0.3 is 5.97 Å². The number of hydrogen-bond donors (Lipinski definition) is 1. The Hall–Kier alpha value is -0.660. The van der Waals surface area contributed by atoms with Crippen molar-refractivity contribution < 1.29 is 17.9 Å². The molecule has 0 aromatic rings. The third-order valence-electron chi connectivity index (χ3n) is 3.56. The number of nitrogens with zero attached hydrogens (tertiary/aromatic N) is 1. The molecule has 0 aromatic carbocycles. The molecule has 0 saturated carbocycles. The molecule has 2 aliphatic heterocycles. The molecule has 2 fully saturated rings. The Labute approximate surface area is 108 Å². The first-order chi connectivity index (χ1) is 8.53. The lowest BCUT2D eigenvalue weighted by Gasteiger charge is -2.24. The number of rotatable bonds is 4. The van der Waals surface area contributed by atoms with Gasteiger partial charge in [0, 0.05) is 19.1 Å². The number of ether oxygens (including phenoxy) is 1. The Morgan fingerprint density at radius 2 is 2.22 bits per heavy atom. The van der Waals surface area contributed by atoms with Crippen LogP contribution in [0.4, 0.5) is 0 Å². The highest BCUT2D eigenvalue weighted by molar-refractivity contribution is 7.89. The summed E-state index contributed by atoms with van der Waals surface area (Å²) < 4.78 is 30.2. The van der Waals surface area contributed by atoms with Gasteiger partial charge in [-0.2, -0.15) is 4.31 Å². The second-order valence-electron chi connectivity index (χ2n) is 4.84. The molecule has 18 heavy (non-hydrogen) atoms. The minimum Gasteiger partial charge on any atom is -0.465 e. The molecule has 2 aliphatic rings. The predicted molar refractivity (Wildman–Crippen MR) is 66.5 cm³/mol. The van der Waals surface area contributed by atoms with Crippen molar-refractivity contribution in [1.29, 1.82) is 0 Å². The second-order valence-corrected chi connectivity index (χ2v) is 6.81. The predicted octanol–water partition coefficient (Wildman–Crippen LogP) is -0.437. The first-order valence-corrected chi connectivity index (χ1v) is 8.00. The number of carbonyl (C=O) groups excluding carboxylic acids is 1. The van der Waals surface area contributed by atoms with Gasteiger partial charge in [-0.25, -0.2) is 8.42 Å². The molecule has 2 rings (SSSR count). The Morgan fingerprint density at radius 3 is 2.89 bits per heavy atom. The summed E-state index contributed by atoms with van der Waals surface area (Å²) in [7, 11) is -3.52. The van der Waals surface area contributed by atoms with Crippen molar-refractivity contribution in [3.63, 3.8) is 0 Å². The summed E-state index contributed by atoms with van der Waals surface area (Å²) in [4.78, 5) is 11.3. The Kier molecular flexibility index (Phi) is 4.24. The Bertz CT molecular complexity index is 395. The molecule has 0 bridgehead atoms. The van der Waals surface area contributed by atoms with Crippen LogP contribution in [0.5, 0.6) is 0 Å². The van der Waals surface area contributed by atoms with E-state index < -0.39 is 21.7 Å². The number of fused-ring (bicyclic) bond motifs is 1. The summed E-state index contributed by atoms with van der Waals surface area (Å²) >= 11 is 0. The van der Waals surface area contributed by atoms with Crippen LogP contribution in [-0.4, -0.2) is 56.7 Å². The van der Waals surface area contributed by atoms with Gasteiger partial charge in [-0.05, 0) is 32.2 Å². The van der Waals surface area contributed by atoms with Crippen LogP contribution in [0.15, 0.2) is 0 Å². The summed E-state index contributed by atoms with van der Waals surface area (Å²) in [5, 5.41) is 3.34. The lowest BCUT2D eigenvalue weighted by Crippen LogP contribution is -2.41. The van der Waals surface area contributed by atoms with Crippen LogP contribution in [0.25, 0.3) is 0 Å². The number of hydrogen-bond acceptors (Lipinski definition) is 5. The monoisotopic (exact) mass is 276 g/mol. The smallest absolute Gasteiger partial charge is 0.322 e. The number of piperidine rings is 1. The third-order valence-corrected chi connectivity index (χ3v) is 5.25. The van der Waals surface area contributed by atoms with Gasteiger partial charge in [-0.15, -0.1) is 0 Å². The summed E-state index contributed by atoms with van der Waals surface area (Å²) in [6.45, 7) is 3.83. The topological polar surface area (TPSA) is 75.7 Å². The molecule has 2 saturated heterocycles. The van der Waals surface area contributed by atoms with Gasteiger partial charge in [0.15, 0.2) is 5.75 Å². The van der Waals surface area contributed by atoms with Crippen molar-refractivity contribution in [2.45, 2.75) is 25.8 Å². The first-order valence-electron chi connectivity index (χ1n) is 6.39. The molecule has 6 nitrogen and oxygen atoms in total. The van der Waals surface area contributed by atoms with E-state index in [-0.39, 0.29) is 12.6 Å². The van der Waals surface area contributed by atoms with Crippen LogP contribution in [0.1, 0.15) is 19.8 Å². The van der Waals surface area contributed by atoms with Crippen molar-refractivity contribution in [3.8, 4) is 0 Å². The van der Waals surface area contributed by atoms with Gasteiger partial charge in [-0.1, -0.05) is 0 Å². The average Bonchev–Trinajstić information content (AvgIpc) is 2.72. The maximum atomic E-state index is 12.1. The molecule has 1 N–H and O–H groups in total. The van der Waals surface area contributed by atoms with E-state index in [1.807, 2.05) is 0 Å². The van der Waals surface area contributed by atoms with E-state index in [9.17, 15) is 13.2 Å². The van der Waals surface area contributed by atoms with E-state index in [1.165, 1.54) is 4.31 Å². The first kappa shape index (κ1) is 13.8. The quantitative estimate of drug-likeness (QED) is 0.705. The number of sulfonamides is 1. The normalized spacial score (nSPS) is 28.9. The fourth-order valence-corrected chi connectivity index (χ4v) is 4.05. The fourth-order valence-electron chi connectivity index (χ4n) is 2.68. The molecule has 0 radical (unpaired) electrons. The summed E-state index contributed by atoms with van der Waals surface area (Å²) in [5.41, 5.74) is 0. The van der Waals surface area contributed by atoms with Crippen molar-refractivity contribution in [3.05, 3.63) is 0 Å². The fraction of sp³-hybridized carbons (Fsp3) is 0.909. The highest BCUT2D eigenvalue weighted by Gasteiger charge is 2.40. The van der Waals surface area contributed by atoms with Gasteiger partial charge < -0.3 is 10.1 Å². The Balaban J connectivity index is 1.96. The SMILES string of the molecule is CCOC(=O)CS(=O)(=O)N1CC2CCCNC2C1. The van der Waals surface area contributed by atoms with E-state index in [1.54, 1.807) is 6.92 Å². The molecule has 2 heterocycles. The zero-order valence-corrected chi connectivity index (χ0v) is 11.4. The van der Waals surface area contributed by atoms with Gasteiger partial charge in [0.2, 0.25) is 10.0 Å². The summed E-state index contributed by atoms with van der Waals surface area (Å²) in [6.07, 6.45) is 2.15. The molecule has 7 heteroatoms. The van der Waals surface area contributed by atoms with Crippen LogP contribution >= 0.6 is 0 Å². The van der Waals surface area contributed by atoms with Crippen molar-refractivity contribution in [2.24, 2.45) is 5.92 Å². The van der Waals surface area contributed by atoms with Crippen LogP contribution in [0.3, 0.4) is 0 Å². The third kappa shape index (κ3) is 3.02. The molecule has 104 valence electrons. The number of esters is 1. The van der Waals surface area contributed by atoms with E-state index >= 15 is 0 Å². The van der Waals surface area contributed by atoms with Gasteiger partial charge in [-0.3, -0.25) is 4.79 Å². The van der Waals surface area contributed by atoms with E-state index in [0.717, 1.165) is 19.4 Å². The van der Waals surface area contributed by atoms with E-state index in [2.05, 4.69) is 5.32 Å². The van der Waals surface area contributed by atoms with E-state index in [4.69, 9.17) is 4.74 Å². The minimum atomic E-state index is -3.52. The zero-order valence-electron chi connectivity index (χ0n) is 10.6. The minimum absolute atomic E-state index is 0.209. The molecule has 2 unspecified atom stereocenters. The second kappa shape index (κ2) is 5.54. The van der Waals surface area contributed by atoms with Gasteiger partial charge in [0.05, 0.1) is 6.61 Å². The number of carbonyl (C=O) groups is 1. The van der Waals surface area contributed by atoms with Crippen LogP contribution in [0.2, 0.25) is 0 Å². The maximum absolute atomic E-state index is 12.1. The number of nitrogens with one attached hydrogen (secondary N) is 1. The lowest BCUT2D eigenvalue weighted by atomic mass is 9.94. The average molecular weight is 276 g/mol. The van der Waals surface area contributed by atoms with E-state index in [0.29, 0.717) is 19.0 Å². The van der Waals surface area contributed by atoms with Crippen molar-refractivity contribution in [1.82, 2.24) is 9.62 Å². The van der Waals surface area contributed by atoms with Crippen molar-refractivity contribution >= 4 is 16.0 Å². The molecule has 0 spiro atoms. The Morgan fingerprint density at radius 1 is 1.44 bits per heavy atom. The highest BCUT2D eigenvalue weighted by atomic mass is 32.2.